The number of aldehydes is 1. The van der Waals surface area contributed by atoms with Crippen LogP contribution in [-0.4, -0.2) is 204 Å². The van der Waals surface area contributed by atoms with E-state index in [1.165, 1.54) is 14.0 Å². The second kappa shape index (κ2) is 28.9. The largest absolute Gasteiger partial charge is 0.481 e. The van der Waals surface area contributed by atoms with Gasteiger partial charge in [-0.25, -0.2) is 0 Å². The van der Waals surface area contributed by atoms with Crippen LogP contribution in [0.1, 0.15) is 112 Å². The standard InChI is InChI=1S/C43H74N2O14.C6H10O4/c1-24-21-29(19-20-46)39(59-42-37(49)36(45(9)10)38(27(4)56-42)58-35-23-43(6,51)41(50)28(5)55-35)40(52-11)31(47)22-33(48)53-25(2)15-13-12-14-16-32(24)57-34-18-17-30(44(7)8)26(3)54-34;7-5(8)3-1-2-4-6(9)10/h12-14,16,20,24-32,34-42,47,49-51H,15,17-19,21-23H2,1-11H3;1-4H2,(H,7,8)(H,9,10)/b13-12-,16-14-;. The fourth-order valence-corrected chi connectivity index (χ4v) is 9.65. The highest BCUT2D eigenvalue weighted by atomic mass is 16.7. The molecular weight excluding hydrogens is 905 g/mol. The lowest BCUT2D eigenvalue weighted by Crippen LogP contribution is -2.65. The van der Waals surface area contributed by atoms with Gasteiger partial charge in [0.1, 0.15) is 36.8 Å². The number of aliphatic hydroxyl groups excluding tert-OH is 3. The summed E-state index contributed by atoms with van der Waals surface area (Å²) in [6, 6.07) is -0.466. The molecule has 19 unspecified atom stereocenters. The first kappa shape index (κ1) is 60.3. The van der Waals surface area contributed by atoms with Crippen LogP contribution >= 0.6 is 0 Å². The van der Waals surface area contributed by atoms with Gasteiger partial charge in [-0.1, -0.05) is 31.2 Å². The summed E-state index contributed by atoms with van der Waals surface area (Å²) in [4.78, 5) is 49.3. The number of aliphatic hydroxyl groups is 4. The van der Waals surface area contributed by atoms with Gasteiger partial charge < -0.3 is 83.1 Å². The summed E-state index contributed by atoms with van der Waals surface area (Å²) in [5.74, 6) is -3.21. The van der Waals surface area contributed by atoms with Crippen LogP contribution < -0.4 is 0 Å². The number of ether oxygens (including phenoxy) is 8. The van der Waals surface area contributed by atoms with Crippen molar-refractivity contribution in [1.82, 2.24) is 9.80 Å². The molecule has 4 aliphatic rings. The topological polar surface area (TPSA) is 270 Å². The molecule has 0 radical (unpaired) electrons. The van der Waals surface area contributed by atoms with Gasteiger partial charge in [-0.2, -0.15) is 0 Å². The number of cyclic esters (lactones) is 1. The molecule has 4 rings (SSSR count). The minimum Gasteiger partial charge on any atom is -0.481 e. The first-order chi connectivity index (χ1) is 32.4. The van der Waals surface area contributed by atoms with Crippen molar-refractivity contribution in [2.75, 3.05) is 35.3 Å². The van der Waals surface area contributed by atoms with Crippen molar-refractivity contribution < 1.29 is 87.7 Å². The van der Waals surface area contributed by atoms with Gasteiger partial charge in [0, 0.05) is 45.3 Å². The summed E-state index contributed by atoms with van der Waals surface area (Å²) in [6.07, 6.45) is -0.546. The molecule has 0 aliphatic carbocycles. The molecule has 3 fully saturated rings. The smallest absolute Gasteiger partial charge is 0.308 e. The average molecular weight is 989 g/mol. The van der Waals surface area contributed by atoms with Crippen LogP contribution in [0, 0.1) is 11.8 Å². The third kappa shape index (κ3) is 18.9. The Labute approximate surface area is 408 Å². The highest BCUT2D eigenvalue weighted by Gasteiger charge is 2.52. The van der Waals surface area contributed by atoms with Crippen molar-refractivity contribution in [2.45, 2.75) is 216 Å². The third-order valence-electron chi connectivity index (χ3n) is 13.4. The monoisotopic (exact) mass is 989 g/mol. The van der Waals surface area contributed by atoms with Gasteiger partial charge in [-0.05, 0) is 107 Å². The molecule has 19 atom stereocenters. The average Bonchev–Trinajstić information content (AvgIpc) is 3.24. The quantitative estimate of drug-likeness (QED) is 0.0737. The Hall–Kier alpha value is -2.96. The lowest BCUT2D eigenvalue weighted by atomic mass is 9.82. The predicted octanol–water partition coefficient (Wildman–Crippen LogP) is 3.04. The number of carbonyl (C=O) groups is 4. The molecule has 0 bridgehead atoms. The Kier molecular flexibility index (Phi) is 25.3. The van der Waals surface area contributed by atoms with E-state index in [1.807, 2.05) is 52.2 Å². The molecule has 3 saturated heterocycles. The van der Waals surface area contributed by atoms with Crippen LogP contribution in [0.3, 0.4) is 0 Å². The number of allylic oxidation sites excluding steroid dienone is 2. The van der Waals surface area contributed by atoms with E-state index in [2.05, 4.69) is 4.90 Å². The maximum absolute atomic E-state index is 13.1. The number of esters is 1. The van der Waals surface area contributed by atoms with Crippen LogP contribution in [0.25, 0.3) is 0 Å². The first-order valence-corrected chi connectivity index (χ1v) is 24.3. The van der Waals surface area contributed by atoms with Crippen LogP contribution in [0.2, 0.25) is 0 Å². The summed E-state index contributed by atoms with van der Waals surface area (Å²) < 4.78 is 50.0. The molecule has 0 saturated carbocycles. The second-order valence-electron chi connectivity index (χ2n) is 19.8. The highest BCUT2D eigenvalue weighted by molar-refractivity contribution is 5.70. The van der Waals surface area contributed by atoms with E-state index in [4.69, 9.17) is 48.1 Å². The number of rotatable bonds is 16. The second-order valence-corrected chi connectivity index (χ2v) is 19.8. The number of hydrogen-bond donors (Lipinski definition) is 6. The Balaban J connectivity index is 0.00000113. The molecule has 20 nitrogen and oxygen atoms in total. The van der Waals surface area contributed by atoms with Crippen molar-refractivity contribution >= 4 is 24.2 Å². The number of hydrogen-bond acceptors (Lipinski definition) is 18. The zero-order valence-corrected chi connectivity index (χ0v) is 42.5. The maximum atomic E-state index is 13.1. The highest BCUT2D eigenvalue weighted by Crippen LogP contribution is 2.37. The molecule has 0 spiro atoms. The number of carboxylic acids is 2. The van der Waals surface area contributed by atoms with E-state index in [1.54, 1.807) is 39.8 Å². The molecule has 0 aromatic heterocycles. The number of carbonyl (C=O) groups excluding carboxylic acids is 2. The van der Waals surface area contributed by atoms with Crippen LogP contribution in [0.15, 0.2) is 24.3 Å². The number of unbranched alkanes of at least 4 members (excludes halogenated alkanes) is 1. The van der Waals surface area contributed by atoms with Gasteiger partial charge in [0.2, 0.25) is 0 Å². The number of nitrogens with zero attached hydrogens (tertiary/aromatic N) is 2. The third-order valence-corrected chi connectivity index (χ3v) is 13.4. The van der Waals surface area contributed by atoms with Crippen molar-refractivity contribution in [1.29, 1.82) is 0 Å². The van der Waals surface area contributed by atoms with E-state index >= 15 is 0 Å². The Bertz CT molecular complexity index is 1610. The first-order valence-electron chi connectivity index (χ1n) is 24.3. The molecule has 0 amide bonds. The van der Waals surface area contributed by atoms with E-state index in [0.29, 0.717) is 32.1 Å². The number of methoxy groups -OCH3 is 1. The number of aliphatic carboxylic acids is 2. The number of carboxylic acid groups (broad SMARTS) is 2. The summed E-state index contributed by atoms with van der Waals surface area (Å²) in [5, 5.41) is 61.3. The SMILES string of the molecule is COC1C(O)CC(=O)OC(C)C/C=C\C=C/C(OC2CCC(N(C)C)C(C)O2)C(C)CC(CC=O)C1OC1OC(C)C(OC2CC(C)(O)C(O)C(C)O2)C(N(C)C)C1O.O=C(O)CCCCC(=O)O. The van der Waals surface area contributed by atoms with Crippen molar-refractivity contribution in [3.8, 4) is 0 Å². The van der Waals surface area contributed by atoms with Crippen LogP contribution in [0.5, 0.6) is 0 Å². The van der Waals surface area contributed by atoms with Gasteiger partial charge in [0.05, 0.1) is 54.7 Å². The van der Waals surface area contributed by atoms with Crippen molar-refractivity contribution in [3.05, 3.63) is 24.3 Å². The Morgan fingerprint density at radius 2 is 1.46 bits per heavy atom. The minimum atomic E-state index is -1.47. The van der Waals surface area contributed by atoms with E-state index in [-0.39, 0.29) is 43.7 Å². The van der Waals surface area contributed by atoms with E-state index in [9.17, 15) is 39.6 Å². The van der Waals surface area contributed by atoms with Gasteiger partial charge >= 0.3 is 17.9 Å². The molecule has 4 heterocycles. The minimum absolute atomic E-state index is 0.00885. The molecule has 20 heteroatoms. The lowest BCUT2D eigenvalue weighted by Gasteiger charge is -2.50. The summed E-state index contributed by atoms with van der Waals surface area (Å²) >= 11 is 0. The zero-order chi connectivity index (χ0) is 51.7. The van der Waals surface area contributed by atoms with Crippen molar-refractivity contribution in [3.63, 3.8) is 0 Å². The Morgan fingerprint density at radius 3 is 2.01 bits per heavy atom. The van der Waals surface area contributed by atoms with Crippen LogP contribution in [0.4, 0.5) is 0 Å². The lowest BCUT2D eigenvalue weighted by molar-refractivity contribution is -0.344. The zero-order valence-electron chi connectivity index (χ0n) is 42.5. The van der Waals surface area contributed by atoms with E-state index in [0.717, 1.165) is 12.7 Å². The van der Waals surface area contributed by atoms with Gasteiger partial charge in [-0.15, -0.1) is 0 Å². The normalized spacial score (nSPS) is 40.5. The molecule has 0 aromatic carbocycles. The molecule has 69 heavy (non-hydrogen) atoms. The summed E-state index contributed by atoms with van der Waals surface area (Å²) in [7, 11) is 9.03. The molecule has 398 valence electrons. The molecular formula is C49H84N2O18. The summed E-state index contributed by atoms with van der Waals surface area (Å²) in [6.45, 7) is 10.8. The summed E-state index contributed by atoms with van der Waals surface area (Å²) in [5.41, 5.74) is -1.47. The van der Waals surface area contributed by atoms with Gasteiger partial charge in [0.15, 0.2) is 18.9 Å². The predicted molar refractivity (Wildman–Crippen MR) is 251 cm³/mol. The molecule has 6 N–H and O–H groups in total. The van der Waals surface area contributed by atoms with Gasteiger partial charge in [0.25, 0.3) is 0 Å². The fraction of sp³-hybridized carbons (Fsp3) is 0.837. The van der Waals surface area contributed by atoms with Gasteiger partial charge in [-0.3, -0.25) is 14.4 Å². The molecule has 0 aromatic rings. The number of likely N-dealkylation sites (N-methyl/N-ethyl adjacent to an activating group) is 2. The van der Waals surface area contributed by atoms with Crippen molar-refractivity contribution in [2.24, 2.45) is 11.8 Å². The fourth-order valence-electron chi connectivity index (χ4n) is 9.65. The molecule has 4 aliphatic heterocycles. The van der Waals surface area contributed by atoms with E-state index < -0.39 is 122 Å². The Morgan fingerprint density at radius 1 is 0.826 bits per heavy atom. The van der Waals surface area contributed by atoms with Crippen LogP contribution in [-0.2, 0) is 57.1 Å². The maximum Gasteiger partial charge on any atom is 0.308 e.